The minimum absolute atomic E-state index is 0.0925. The Bertz CT molecular complexity index is 1580. The lowest BCUT2D eigenvalue weighted by Gasteiger charge is -2.57. The van der Waals surface area contributed by atoms with Gasteiger partial charge in [0, 0.05) is 69.0 Å². The Kier molecular flexibility index (Phi) is 8.46. The van der Waals surface area contributed by atoms with Crippen LogP contribution in [0.25, 0.3) is 11.4 Å². The van der Waals surface area contributed by atoms with Gasteiger partial charge in [0.05, 0.1) is 5.69 Å². The fraction of sp³-hybridized carbons (Fsp3) is 0.568. The van der Waals surface area contributed by atoms with Crippen molar-refractivity contribution < 1.29 is 9.53 Å². The number of piperidine rings is 2. The molecule has 1 saturated carbocycles. The molecule has 1 amide bonds. The molecule has 4 N–H and O–H groups in total. The lowest BCUT2D eigenvalue weighted by atomic mass is 9.61. The van der Waals surface area contributed by atoms with Gasteiger partial charge in [0.15, 0.2) is 17.3 Å². The zero-order valence-corrected chi connectivity index (χ0v) is 28.2. The number of hydrogen-bond acceptors (Lipinski definition) is 10. The SMILES string of the molecule is CN1CCC2(CC1)CN(C1CCN(c3ccc(Nc4nc(NC5CC6(CCOCC6)C5)c(-c5ccccn5)nc4C(N)=O)cc3)CC1)C2. The van der Waals surface area contributed by atoms with Crippen molar-refractivity contribution in [2.24, 2.45) is 16.6 Å². The maximum absolute atomic E-state index is 12.7. The van der Waals surface area contributed by atoms with Gasteiger partial charge >= 0.3 is 0 Å². The average Bonchev–Trinajstić information content (AvgIpc) is 3.08. The molecule has 254 valence electrons. The summed E-state index contributed by atoms with van der Waals surface area (Å²) in [5.41, 5.74) is 10.1. The molecule has 8 rings (SSSR count). The number of hydrogen-bond donors (Lipinski definition) is 3. The maximum atomic E-state index is 12.7. The number of nitrogens with zero attached hydrogens (tertiary/aromatic N) is 6. The van der Waals surface area contributed by atoms with E-state index < -0.39 is 5.91 Å². The first-order valence-corrected chi connectivity index (χ1v) is 17.9. The summed E-state index contributed by atoms with van der Waals surface area (Å²) < 4.78 is 5.61. The number of nitrogens with two attached hydrogens (primary N) is 1. The third-order valence-electron chi connectivity index (χ3n) is 11.9. The van der Waals surface area contributed by atoms with Crippen LogP contribution < -0.4 is 21.3 Å². The third kappa shape index (κ3) is 6.35. The number of amides is 1. The van der Waals surface area contributed by atoms with Gasteiger partial charge in [-0.3, -0.25) is 14.7 Å². The molecule has 0 atom stereocenters. The van der Waals surface area contributed by atoms with Crippen molar-refractivity contribution in [1.29, 1.82) is 0 Å². The number of carbonyl (C=O) groups excluding carboxylic acids is 1. The fourth-order valence-corrected chi connectivity index (χ4v) is 8.83. The number of anilines is 4. The second-order valence-corrected chi connectivity index (χ2v) is 15.2. The van der Waals surface area contributed by atoms with Crippen LogP contribution in [-0.2, 0) is 4.74 Å². The summed E-state index contributed by atoms with van der Waals surface area (Å²) >= 11 is 0. The molecule has 5 aliphatic rings. The molecule has 48 heavy (non-hydrogen) atoms. The number of benzene rings is 1. The number of pyridine rings is 1. The van der Waals surface area contributed by atoms with E-state index in [0.717, 1.165) is 57.7 Å². The van der Waals surface area contributed by atoms with E-state index in [9.17, 15) is 4.79 Å². The molecule has 3 aromatic rings. The zero-order chi connectivity index (χ0) is 32.7. The third-order valence-corrected chi connectivity index (χ3v) is 11.9. The van der Waals surface area contributed by atoms with Gasteiger partial charge in [0.25, 0.3) is 5.91 Å². The van der Waals surface area contributed by atoms with E-state index in [2.05, 4.69) is 49.5 Å². The molecule has 4 saturated heterocycles. The second kappa shape index (κ2) is 12.9. The molecule has 4 aliphatic heterocycles. The van der Waals surface area contributed by atoms with Gasteiger partial charge in [0.1, 0.15) is 5.69 Å². The first-order valence-electron chi connectivity index (χ1n) is 17.9. The molecule has 0 radical (unpaired) electrons. The van der Waals surface area contributed by atoms with E-state index in [1.807, 2.05) is 30.3 Å². The number of primary amides is 1. The minimum atomic E-state index is -0.637. The first-order chi connectivity index (χ1) is 23.4. The molecule has 2 aromatic heterocycles. The van der Waals surface area contributed by atoms with Gasteiger partial charge in [0.2, 0.25) is 0 Å². The summed E-state index contributed by atoms with van der Waals surface area (Å²) in [6, 6.07) is 15.0. The predicted molar refractivity (Wildman–Crippen MR) is 189 cm³/mol. The molecule has 11 nitrogen and oxygen atoms in total. The minimum Gasteiger partial charge on any atom is -0.381 e. The summed E-state index contributed by atoms with van der Waals surface area (Å²) in [7, 11) is 2.25. The topological polar surface area (TPSA) is 125 Å². The molecular formula is C37H49N9O2. The molecule has 2 spiro atoms. The Balaban J connectivity index is 0.938. The first kappa shape index (κ1) is 31.5. The molecule has 6 heterocycles. The Morgan fingerprint density at radius 1 is 0.896 bits per heavy atom. The highest BCUT2D eigenvalue weighted by atomic mass is 16.5. The van der Waals surface area contributed by atoms with E-state index in [1.165, 1.54) is 57.5 Å². The molecule has 0 unspecified atom stereocenters. The molecule has 0 bridgehead atoms. The van der Waals surface area contributed by atoms with Crippen LogP contribution in [0.3, 0.4) is 0 Å². The van der Waals surface area contributed by atoms with Crippen LogP contribution >= 0.6 is 0 Å². The van der Waals surface area contributed by atoms with Crippen LogP contribution in [0.4, 0.5) is 23.0 Å². The molecule has 5 fully saturated rings. The molecule has 1 aliphatic carbocycles. The van der Waals surface area contributed by atoms with E-state index in [4.69, 9.17) is 20.4 Å². The zero-order valence-electron chi connectivity index (χ0n) is 28.2. The van der Waals surface area contributed by atoms with Crippen LogP contribution in [-0.4, -0.2) is 102 Å². The van der Waals surface area contributed by atoms with Gasteiger partial charge in [-0.25, -0.2) is 9.97 Å². The Morgan fingerprint density at radius 2 is 1.62 bits per heavy atom. The van der Waals surface area contributed by atoms with E-state index in [1.54, 1.807) is 6.20 Å². The quantitative estimate of drug-likeness (QED) is 0.314. The van der Waals surface area contributed by atoms with Crippen molar-refractivity contribution in [3.63, 3.8) is 0 Å². The van der Waals surface area contributed by atoms with Gasteiger partial charge in [-0.05, 0) is 119 Å². The van der Waals surface area contributed by atoms with Gasteiger partial charge in [-0.1, -0.05) is 6.07 Å². The predicted octanol–water partition coefficient (Wildman–Crippen LogP) is 4.75. The van der Waals surface area contributed by atoms with Crippen molar-refractivity contribution in [3.8, 4) is 11.4 Å². The van der Waals surface area contributed by atoms with Gasteiger partial charge < -0.3 is 30.9 Å². The van der Waals surface area contributed by atoms with Crippen molar-refractivity contribution in [3.05, 3.63) is 54.4 Å². The second-order valence-electron chi connectivity index (χ2n) is 15.2. The van der Waals surface area contributed by atoms with E-state index in [0.29, 0.717) is 39.9 Å². The number of aromatic nitrogens is 3. The number of rotatable bonds is 8. The Morgan fingerprint density at radius 3 is 2.29 bits per heavy atom. The van der Waals surface area contributed by atoms with Crippen molar-refractivity contribution in [2.75, 3.05) is 75.1 Å². The van der Waals surface area contributed by atoms with Crippen LogP contribution in [0.5, 0.6) is 0 Å². The monoisotopic (exact) mass is 651 g/mol. The number of carbonyl (C=O) groups is 1. The standard InChI is InChI=1S/C37H49N9O2/c1-44-18-11-37(12-19-44)24-46(25-37)29-9-16-45(17-10-29)28-7-5-26(6-8-28)40-35-32(33(38)47)42-31(30-4-2-3-15-39-30)34(43-35)41-27-22-36(23-27)13-20-48-21-14-36/h2-8,15,27,29H,9-14,16-25H2,1H3,(H2,38,47)(H2,40,41,43). The largest absolute Gasteiger partial charge is 0.381 e. The molecular weight excluding hydrogens is 602 g/mol. The van der Waals surface area contributed by atoms with Crippen LogP contribution in [0.15, 0.2) is 48.7 Å². The van der Waals surface area contributed by atoms with E-state index in [-0.39, 0.29) is 11.7 Å². The normalized spacial score (nSPS) is 23.1. The summed E-state index contributed by atoms with van der Waals surface area (Å²) in [6.45, 7) is 8.89. The van der Waals surface area contributed by atoms with E-state index >= 15 is 0 Å². The highest BCUT2D eigenvalue weighted by Crippen LogP contribution is 2.50. The Hall–Kier alpha value is -3.80. The van der Waals surface area contributed by atoms with Crippen LogP contribution in [0, 0.1) is 10.8 Å². The van der Waals surface area contributed by atoms with Crippen LogP contribution in [0.2, 0.25) is 0 Å². The summed E-state index contributed by atoms with van der Waals surface area (Å²) in [5, 5.41) is 7.00. The van der Waals surface area contributed by atoms with Gasteiger partial charge in [-0.2, -0.15) is 0 Å². The fourth-order valence-electron chi connectivity index (χ4n) is 8.83. The van der Waals surface area contributed by atoms with Crippen molar-refractivity contribution >= 4 is 28.9 Å². The number of likely N-dealkylation sites (tertiary alicyclic amines) is 2. The summed E-state index contributed by atoms with van der Waals surface area (Å²) in [5.74, 6) is 0.314. The van der Waals surface area contributed by atoms with Crippen molar-refractivity contribution in [2.45, 2.75) is 63.5 Å². The maximum Gasteiger partial charge on any atom is 0.271 e. The van der Waals surface area contributed by atoms with Gasteiger partial charge in [-0.15, -0.1) is 0 Å². The van der Waals surface area contributed by atoms with Crippen LogP contribution in [0.1, 0.15) is 61.9 Å². The molecule has 11 heteroatoms. The summed E-state index contributed by atoms with van der Waals surface area (Å²) in [6.07, 6.45) is 11.2. The average molecular weight is 652 g/mol. The number of ether oxygens (including phenoxy) is 1. The summed E-state index contributed by atoms with van der Waals surface area (Å²) in [4.78, 5) is 34.6. The molecule has 1 aromatic carbocycles. The smallest absolute Gasteiger partial charge is 0.271 e. The highest BCUT2D eigenvalue weighted by molar-refractivity contribution is 5.97. The highest BCUT2D eigenvalue weighted by Gasteiger charge is 2.47. The lowest BCUT2D eigenvalue weighted by Crippen LogP contribution is -2.63. The number of nitrogens with one attached hydrogen (secondary N) is 2. The van der Waals surface area contributed by atoms with Crippen molar-refractivity contribution in [1.82, 2.24) is 24.8 Å². The lowest BCUT2D eigenvalue weighted by molar-refractivity contribution is -0.0704. The Labute approximate surface area is 283 Å².